The fourth-order valence-electron chi connectivity index (χ4n) is 4.59. The van der Waals surface area contributed by atoms with Gasteiger partial charge >= 0.3 is 6.09 Å². The first kappa shape index (κ1) is 17.9. The topological polar surface area (TPSA) is 70.8 Å². The predicted octanol–water partition coefficient (Wildman–Crippen LogP) is 1.31. The fourth-order valence-corrected chi connectivity index (χ4v) is 4.59. The Kier molecular flexibility index (Phi) is 5.62. The molecule has 2 aliphatic heterocycles. The molecule has 3 rings (SSSR count). The molecule has 7 heteroatoms. The first-order valence-electron chi connectivity index (χ1n) is 9.30. The number of hydrogen-bond acceptors (Lipinski definition) is 5. The van der Waals surface area contributed by atoms with E-state index in [1.165, 1.54) is 12.8 Å². The molecule has 0 aromatic rings. The van der Waals surface area contributed by atoms with Crippen molar-refractivity contribution >= 4 is 6.09 Å². The maximum Gasteiger partial charge on any atom is 0.409 e. The molecular weight excluding hydrogens is 311 g/mol. The van der Waals surface area contributed by atoms with E-state index in [1.807, 2.05) is 11.8 Å². The van der Waals surface area contributed by atoms with Crippen molar-refractivity contribution in [3.05, 3.63) is 0 Å². The normalized spacial score (nSPS) is 32.8. The van der Waals surface area contributed by atoms with Crippen LogP contribution in [0, 0.1) is 5.41 Å². The van der Waals surface area contributed by atoms with Gasteiger partial charge in [-0.2, -0.15) is 0 Å². The highest BCUT2D eigenvalue weighted by Crippen LogP contribution is 2.50. The Morgan fingerprint density at radius 1 is 1.38 bits per heavy atom. The minimum atomic E-state index is -1.26. The van der Waals surface area contributed by atoms with Crippen LogP contribution in [-0.4, -0.2) is 73.6 Å². The van der Waals surface area contributed by atoms with Gasteiger partial charge in [0, 0.05) is 31.7 Å². The maximum absolute atomic E-state index is 12.7. The molecule has 138 valence electrons. The number of ether oxygens (including phenoxy) is 1. The SMILES string of the molecule is CCOC(=O)N1CCC2(CC(N3CCC(NCC(N)F)CC3)C2)C1. The zero-order chi connectivity index (χ0) is 17.2. The van der Waals surface area contributed by atoms with Gasteiger partial charge in [-0.25, -0.2) is 9.18 Å². The molecule has 0 aromatic carbocycles. The Morgan fingerprint density at radius 2 is 2.08 bits per heavy atom. The molecule has 3 aliphatic rings. The van der Waals surface area contributed by atoms with Crippen molar-refractivity contribution in [3.63, 3.8) is 0 Å². The summed E-state index contributed by atoms with van der Waals surface area (Å²) in [5.74, 6) is 0. The molecule has 0 radical (unpaired) electrons. The lowest BCUT2D eigenvalue weighted by Gasteiger charge is -2.51. The van der Waals surface area contributed by atoms with Crippen LogP contribution in [0.15, 0.2) is 0 Å². The summed E-state index contributed by atoms with van der Waals surface area (Å²) < 4.78 is 17.8. The van der Waals surface area contributed by atoms with Crippen LogP contribution in [0.1, 0.15) is 39.0 Å². The zero-order valence-corrected chi connectivity index (χ0v) is 14.7. The van der Waals surface area contributed by atoms with Gasteiger partial charge in [0.15, 0.2) is 6.30 Å². The quantitative estimate of drug-likeness (QED) is 0.737. The first-order valence-corrected chi connectivity index (χ1v) is 9.30. The number of nitrogens with zero attached hydrogens (tertiary/aromatic N) is 2. The van der Waals surface area contributed by atoms with Crippen LogP contribution in [0.5, 0.6) is 0 Å². The number of hydrogen-bond donors (Lipinski definition) is 2. The number of likely N-dealkylation sites (tertiary alicyclic amines) is 2. The van der Waals surface area contributed by atoms with E-state index in [4.69, 9.17) is 10.5 Å². The summed E-state index contributed by atoms with van der Waals surface area (Å²) in [7, 11) is 0. The number of alkyl halides is 1. The number of piperidine rings is 1. The molecule has 6 nitrogen and oxygen atoms in total. The fraction of sp³-hybridized carbons (Fsp3) is 0.941. The molecule has 3 N–H and O–H groups in total. The summed E-state index contributed by atoms with van der Waals surface area (Å²) in [4.78, 5) is 16.3. The summed E-state index contributed by atoms with van der Waals surface area (Å²) >= 11 is 0. The molecule has 1 spiro atoms. The van der Waals surface area contributed by atoms with Crippen LogP contribution in [0.4, 0.5) is 9.18 Å². The molecule has 1 unspecified atom stereocenters. The Balaban J connectivity index is 1.38. The molecule has 1 saturated carbocycles. The third kappa shape index (κ3) is 4.00. The molecule has 1 aliphatic carbocycles. The maximum atomic E-state index is 12.7. The van der Waals surface area contributed by atoms with Crippen molar-refractivity contribution in [2.45, 2.75) is 57.4 Å². The van der Waals surface area contributed by atoms with Gasteiger partial charge in [-0.1, -0.05) is 0 Å². The lowest BCUT2D eigenvalue weighted by molar-refractivity contribution is -0.00633. The van der Waals surface area contributed by atoms with Crippen LogP contribution in [0.25, 0.3) is 0 Å². The molecule has 24 heavy (non-hydrogen) atoms. The third-order valence-corrected chi connectivity index (χ3v) is 5.95. The van der Waals surface area contributed by atoms with Gasteiger partial charge in [0.1, 0.15) is 0 Å². The van der Waals surface area contributed by atoms with E-state index in [0.29, 0.717) is 24.1 Å². The highest BCUT2D eigenvalue weighted by atomic mass is 19.1. The summed E-state index contributed by atoms with van der Waals surface area (Å²) in [6.45, 7) is 6.38. The monoisotopic (exact) mass is 342 g/mol. The number of carbonyl (C=O) groups is 1. The van der Waals surface area contributed by atoms with Crippen LogP contribution in [0.2, 0.25) is 0 Å². The van der Waals surface area contributed by atoms with Crippen molar-refractivity contribution in [3.8, 4) is 0 Å². The third-order valence-electron chi connectivity index (χ3n) is 5.95. The van der Waals surface area contributed by atoms with Crippen molar-refractivity contribution < 1.29 is 13.9 Å². The van der Waals surface area contributed by atoms with Crippen LogP contribution in [-0.2, 0) is 4.74 Å². The molecule has 3 fully saturated rings. The van der Waals surface area contributed by atoms with Crippen molar-refractivity contribution in [1.29, 1.82) is 0 Å². The van der Waals surface area contributed by atoms with E-state index in [2.05, 4.69) is 10.2 Å². The van der Waals surface area contributed by atoms with E-state index in [0.717, 1.165) is 45.4 Å². The van der Waals surface area contributed by atoms with Gasteiger partial charge in [0.25, 0.3) is 0 Å². The largest absolute Gasteiger partial charge is 0.450 e. The van der Waals surface area contributed by atoms with Crippen LogP contribution in [0.3, 0.4) is 0 Å². The van der Waals surface area contributed by atoms with E-state index in [9.17, 15) is 9.18 Å². The van der Waals surface area contributed by atoms with E-state index < -0.39 is 6.30 Å². The van der Waals surface area contributed by atoms with Crippen molar-refractivity contribution in [2.75, 3.05) is 39.3 Å². The second-order valence-electron chi connectivity index (χ2n) is 7.67. The number of amides is 1. The lowest BCUT2D eigenvalue weighted by atomic mass is 9.64. The van der Waals surface area contributed by atoms with E-state index in [1.54, 1.807) is 0 Å². The average molecular weight is 342 g/mol. The summed E-state index contributed by atoms with van der Waals surface area (Å²) in [6.07, 6.45) is 4.19. The van der Waals surface area contributed by atoms with E-state index in [-0.39, 0.29) is 12.6 Å². The average Bonchev–Trinajstić information content (AvgIpc) is 2.98. The second kappa shape index (κ2) is 7.54. The van der Waals surface area contributed by atoms with Gasteiger partial charge < -0.3 is 25.6 Å². The second-order valence-corrected chi connectivity index (χ2v) is 7.67. The Hall–Kier alpha value is -0.920. The molecule has 0 aromatic heterocycles. The van der Waals surface area contributed by atoms with Gasteiger partial charge in [-0.3, -0.25) is 0 Å². The molecule has 1 atom stereocenters. The molecular formula is C17H31FN4O2. The Morgan fingerprint density at radius 3 is 2.71 bits per heavy atom. The summed E-state index contributed by atoms with van der Waals surface area (Å²) in [5, 5.41) is 3.21. The van der Waals surface area contributed by atoms with Crippen molar-refractivity contribution in [2.24, 2.45) is 11.1 Å². The van der Waals surface area contributed by atoms with Gasteiger partial charge in [-0.15, -0.1) is 0 Å². The Bertz CT molecular complexity index is 434. The number of nitrogens with two attached hydrogens (primary N) is 1. The number of rotatable bonds is 5. The minimum Gasteiger partial charge on any atom is -0.450 e. The Labute approximate surface area is 143 Å². The summed E-state index contributed by atoms with van der Waals surface area (Å²) in [5.41, 5.74) is 5.48. The number of carbonyl (C=O) groups excluding carboxylic acids is 1. The summed E-state index contributed by atoms with van der Waals surface area (Å²) in [6, 6.07) is 1.04. The minimum absolute atomic E-state index is 0.157. The van der Waals surface area contributed by atoms with Crippen LogP contribution >= 0.6 is 0 Å². The molecule has 0 bridgehead atoms. The van der Waals surface area contributed by atoms with E-state index >= 15 is 0 Å². The van der Waals surface area contributed by atoms with Gasteiger partial charge in [-0.05, 0) is 57.5 Å². The predicted molar refractivity (Wildman–Crippen MR) is 90.3 cm³/mol. The zero-order valence-electron chi connectivity index (χ0n) is 14.7. The lowest BCUT2D eigenvalue weighted by Crippen LogP contribution is -2.56. The van der Waals surface area contributed by atoms with Gasteiger partial charge in [0.2, 0.25) is 0 Å². The molecule has 1 amide bonds. The first-order chi connectivity index (χ1) is 11.5. The molecule has 2 heterocycles. The highest BCUT2D eigenvalue weighted by Gasteiger charge is 2.51. The van der Waals surface area contributed by atoms with Crippen LogP contribution < -0.4 is 11.1 Å². The number of halogens is 1. The standard InChI is InChI=1S/C17H31FN4O2/c1-2-24-16(23)22-8-5-17(12-22)9-14(10-17)21-6-3-13(4-7-21)20-11-15(18)19/h13-15,20H,2-12,19H2,1H3. The number of nitrogens with one attached hydrogen (secondary N) is 1. The molecule has 2 saturated heterocycles. The smallest absolute Gasteiger partial charge is 0.409 e. The van der Waals surface area contributed by atoms with Gasteiger partial charge in [0.05, 0.1) is 6.61 Å². The van der Waals surface area contributed by atoms with Crippen molar-refractivity contribution in [1.82, 2.24) is 15.1 Å². The highest BCUT2D eigenvalue weighted by molar-refractivity contribution is 5.68.